The van der Waals surface area contributed by atoms with Crippen LogP contribution in [-0.4, -0.2) is 45.0 Å². The zero-order valence-electron chi connectivity index (χ0n) is 10.1. The third-order valence-electron chi connectivity index (χ3n) is 2.45. The third kappa shape index (κ3) is 2.57. The Kier molecular flexibility index (Phi) is 4.00. The van der Waals surface area contributed by atoms with Gasteiger partial charge in [0.05, 0.1) is 12.3 Å². The number of nitrogens with zero attached hydrogens (tertiary/aromatic N) is 4. The number of hydrogen-bond donors (Lipinski definition) is 1. The van der Waals surface area contributed by atoms with Crippen molar-refractivity contribution in [3.63, 3.8) is 0 Å². The summed E-state index contributed by atoms with van der Waals surface area (Å²) in [6, 6.07) is -0.402. The number of hydrogen-bond acceptors (Lipinski definition) is 4. The Morgan fingerprint density at radius 1 is 1.62 bits per heavy atom. The van der Waals surface area contributed by atoms with Crippen LogP contribution in [0.1, 0.15) is 38.1 Å². The van der Waals surface area contributed by atoms with E-state index in [0.717, 1.165) is 0 Å². The van der Waals surface area contributed by atoms with Gasteiger partial charge in [-0.2, -0.15) is 0 Å². The minimum atomic E-state index is -0.615. The molecule has 1 amide bonds. The Morgan fingerprint density at radius 3 is 2.75 bits per heavy atom. The quantitative estimate of drug-likeness (QED) is 0.805. The van der Waals surface area contributed by atoms with Gasteiger partial charge >= 0.3 is 0 Å². The average Bonchev–Trinajstić information content (AvgIpc) is 2.75. The van der Waals surface area contributed by atoms with E-state index in [1.807, 2.05) is 6.92 Å². The van der Waals surface area contributed by atoms with Crippen molar-refractivity contribution in [2.45, 2.75) is 32.4 Å². The Labute approximate surface area is 94.9 Å². The molecule has 0 spiro atoms. The molecule has 6 heteroatoms. The zero-order valence-corrected chi connectivity index (χ0v) is 10.1. The molecule has 0 radical (unpaired) electrons. The molecule has 0 aromatic carbocycles. The van der Waals surface area contributed by atoms with Crippen LogP contribution >= 0.6 is 0 Å². The van der Waals surface area contributed by atoms with Crippen molar-refractivity contribution >= 4 is 5.91 Å². The summed E-state index contributed by atoms with van der Waals surface area (Å²) >= 11 is 0. The molecule has 1 aromatic rings. The van der Waals surface area contributed by atoms with Crippen molar-refractivity contribution < 1.29 is 9.90 Å². The van der Waals surface area contributed by atoms with Gasteiger partial charge in [-0.15, -0.1) is 5.10 Å². The molecule has 1 N–H and O–H groups in total. The predicted molar refractivity (Wildman–Crippen MR) is 58.7 cm³/mol. The van der Waals surface area contributed by atoms with E-state index in [0.29, 0.717) is 12.1 Å². The Balaban J connectivity index is 2.81. The van der Waals surface area contributed by atoms with Gasteiger partial charge in [-0.05, 0) is 13.3 Å². The molecule has 0 saturated heterocycles. The maximum atomic E-state index is 11.7. The summed E-state index contributed by atoms with van der Waals surface area (Å²) in [5.74, 6) is -0.0533. The lowest BCUT2D eigenvalue weighted by molar-refractivity contribution is -0.132. The lowest BCUT2D eigenvalue weighted by atomic mass is 10.2. The second-order valence-electron chi connectivity index (χ2n) is 3.96. The second-order valence-corrected chi connectivity index (χ2v) is 3.96. The summed E-state index contributed by atoms with van der Waals surface area (Å²) in [6.07, 6.45) is 1.57. The number of likely N-dealkylation sites (N-methyl/N-ethyl adjacent to an activating group) is 1. The van der Waals surface area contributed by atoms with Gasteiger partial charge in [0, 0.05) is 14.1 Å². The molecule has 1 aromatic heterocycles. The van der Waals surface area contributed by atoms with Gasteiger partial charge in [0.1, 0.15) is 11.7 Å². The first kappa shape index (κ1) is 12.6. The first-order chi connectivity index (χ1) is 7.47. The topological polar surface area (TPSA) is 71.2 Å². The van der Waals surface area contributed by atoms with Gasteiger partial charge in [-0.25, -0.2) is 4.68 Å². The van der Waals surface area contributed by atoms with Crippen molar-refractivity contribution in [2.75, 3.05) is 14.1 Å². The highest BCUT2D eigenvalue weighted by Crippen LogP contribution is 2.14. The highest BCUT2D eigenvalue weighted by Gasteiger charge is 2.19. The van der Waals surface area contributed by atoms with Crippen LogP contribution in [0.15, 0.2) is 6.20 Å². The summed E-state index contributed by atoms with van der Waals surface area (Å²) in [6.45, 7) is 3.61. The van der Waals surface area contributed by atoms with Gasteiger partial charge in [-0.3, -0.25) is 4.79 Å². The molecule has 0 aliphatic carbocycles. The molecule has 0 aliphatic heterocycles. The number of aliphatic hydroxyl groups excluding tert-OH is 1. The van der Waals surface area contributed by atoms with Gasteiger partial charge < -0.3 is 10.0 Å². The van der Waals surface area contributed by atoms with Crippen LogP contribution in [0, 0.1) is 0 Å². The van der Waals surface area contributed by atoms with Crippen LogP contribution in [0.4, 0.5) is 0 Å². The monoisotopic (exact) mass is 226 g/mol. The summed E-state index contributed by atoms with van der Waals surface area (Å²) in [5.41, 5.74) is 0.501. The Bertz CT molecular complexity index is 361. The number of aliphatic hydroxyl groups is 1. The molecule has 0 fully saturated rings. The van der Waals surface area contributed by atoms with Gasteiger partial charge in [0.2, 0.25) is 5.91 Å². The molecular weight excluding hydrogens is 208 g/mol. The Hall–Kier alpha value is -1.43. The van der Waals surface area contributed by atoms with E-state index in [-0.39, 0.29) is 5.91 Å². The van der Waals surface area contributed by atoms with Crippen molar-refractivity contribution in [2.24, 2.45) is 0 Å². The number of amides is 1. The molecule has 2 atom stereocenters. The number of rotatable bonds is 4. The Morgan fingerprint density at radius 2 is 2.25 bits per heavy atom. The first-order valence-electron chi connectivity index (χ1n) is 5.28. The summed E-state index contributed by atoms with van der Waals surface area (Å²) < 4.78 is 1.47. The molecule has 0 aliphatic rings. The van der Waals surface area contributed by atoms with E-state index < -0.39 is 12.1 Å². The highest BCUT2D eigenvalue weighted by atomic mass is 16.3. The first-order valence-corrected chi connectivity index (χ1v) is 5.28. The van der Waals surface area contributed by atoms with Gasteiger partial charge in [-0.1, -0.05) is 12.1 Å². The number of carbonyl (C=O) groups excluding carboxylic acids is 1. The smallest absolute Gasteiger partial charge is 0.246 e. The van der Waals surface area contributed by atoms with Crippen molar-refractivity contribution in [3.8, 4) is 0 Å². The van der Waals surface area contributed by atoms with Crippen LogP contribution in [0.25, 0.3) is 0 Å². The maximum absolute atomic E-state index is 11.7. The van der Waals surface area contributed by atoms with Crippen LogP contribution < -0.4 is 0 Å². The average molecular weight is 226 g/mol. The zero-order chi connectivity index (χ0) is 12.3. The second kappa shape index (κ2) is 5.07. The molecule has 0 bridgehead atoms. The van der Waals surface area contributed by atoms with Crippen molar-refractivity contribution in [3.05, 3.63) is 11.9 Å². The third-order valence-corrected chi connectivity index (χ3v) is 2.45. The van der Waals surface area contributed by atoms with Crippen LogP contribution in [0.3, 0.4) is 0 Å². The molecule has 2 unspecified atom stereocenters. The van der Waals surface area contributed by atoms with Crippen LogP contribution in [0.5, 0.6) is 0 Å². The van der Waals surface area contributed by atoms with Gasteiger partial charge in [0.25, 0.3) is 0 Å². The molecular formula is C10H18N4O2. The fourth-order valence-electron chi connectivity index (χ4n) is 1.33. The SMILES string of the molecule is CCC(O)c1cn(C(C)C(=O)N(C)C)nn1. The number of aromatic nitrogens is 3. The van der Waals surface area contributed by atoms with Crippen LogP contribution in [0.2, 0.25) is 0 Å². The van der Waals surface area contributed by atoms with E-state index in [1.54, 1.807) is 27.2 Å². The van der Waals surface area contributed by atoms with E-state index in [4.69, 9.17) is 0 Å². The largest absolute Gasteiger partial charge is 0.387 e. The van der Waals surface area contributed by atoms with E-state index in [9.17, 15) is 9.90 Å². The molecule has 1 rings (SSSR count). The summed E-state index contributed by atoms with van der Waals surface area (Å²) in [4.78, 5) is 13.2. The molecule has 90 valence electrons. The summed E-state index contributed by atoms with van der Waals surface area (Å²) in [5, 5.41) is 17.3. The fourth-order valence-corrected chi connectivity index (χ4v) is 1.33. The van der Waals surface area contributed by atoms with Crippen LogP contribution in [-0.2, 0) is 4.79 Å². The molecule has 0 saturated carbocycles. The van der Waals surface area contributed by atoms with Gasteiger partial charge in [0.15, 0.2) is 0 Å². The highest BCUT2D eigenvalue weighted by molar-refractivity contribution is 5.79. The minimum absolute atomic E-state index is 0.0533. The molecule has 6 nitrogen and oxygen atoms in total. The normalized spacial score (nSPS) is 14.6. The standard InChI is InChI=1S/C10H18N4O2/c1-5-9(15)8-6-14(12-11-8)7(2)10(16)13(3)4/h6-7,9,15H,5H2,1-4H3. The fraction of sp³-hybridized carbons (Fsp3) is 0.700. The molecule has 16 heavy (non-hydrogen) atoms. The van der Waals surface area contributed by atoms with E-state index >= 15 is 0 Å². The minimum Gasteiger partial charge on any atom is -0.387 e. The maximum Gasteiger partial charge on any atom is 0.246 e. The summed E-state index contributed by atoms with van der Waals surface area (Å²) in [7, 11) is 3.38. The van der Waals surface area contributed by atoms with Crippen molar-refractivity contribution in [1.29, 1.82) is 0 Å². The number of carbonyl (C=O) groups is 1. The predicted octanol–water partition coefficient (Wildman–Crippen LogP) is 0.371. The van der Waals surface area contributed by atoms with E-state index in [1.165, 1.54) is 9.58 Å². The van der Waals surface area contributed by atoms with E-state index in [2.05, 4.69) is 10.3 Å². The van der Waals surface area contributed by atoms with Crippen molar-refractivity contribution in [1.82, 2.24) is 19.9 Å². The lowest BCUT2D eigenvalue weighted by Gasteiger charge is -2.16. The molecule has 1 heterocycles. The lowest BCUT2D eigenvalue weighted by Crippen LogP contribution is -2.30.